The van der Waals surface area contributed by atoms with Crippen molar-refractivity contribution in [3.8, 4) is 0 Å². The average molecular weight is 308 g/mol. The van der Waals surface area contributed by atoms with Crippen LogP contribution in [-0.2, 0) is 9.84 Å². The first kappa shape index (κ1) is 15.6. The molecule has 2 rings (SSSR count). The summed E-state index contributed by atoms with van der Waals surface area (Å²) in [5.41, 5.74) is 4.41. The van der Waals surface area contributed by atoms with Crippen LogP contribution in [0.5, 0.6) is 0 Å². The van der Waals surface area contributed by atoms with Crippen molar-refractivity contribution >= 4 is 9.84 Å². The lowest BCUT2D eigenvalue weighted by molar-refractivity contribution is 0.558. The van der Waals surface area contributed by atoms with E-state index in [2.05, 4.69) is 5.43 Å². The number of aryl methyl sites for hydroxylation is 1. The van der Waals surface area contributed by atoms with Crippen molar-refractivity contribution in [2.24, 2.45) is 5.84 Å². The average Bonchev–Trinajstić information content (AvgIpc) is 2.43. The van der Waals surface area contributed by atoms with Crippen molar-refractivity contribution in [3.05, 3.63) is 65.0 Å². The number of halogens is 1. The molecule has 0 heterocycles. The van der Waals surface area contributed by atoms with E-state index in [9.17, 15) is 12.8 Å². The number of hydrogen-bond donors (Lipinski definition) is 2. The monoisotopic (exact) mass is 308 g/mol. The SMILES string of the molecule is Cc1ccc(F)c(C(NN)c2cccc(S(C)(=O)=O)c2)c1. The van der Waals surface area contributed by atoms with E-state index >= 15 is 0 Å². The van der Waals surface area contributed by atoms with Crippen LogP contribution in [0.3, 0.4) is 0 Å². The number of rotatable bonds is 4. The summed E-state index contributed by atoms with van der Waals surface area (Å²) in [6.45, 7) is 1.85. The van der Waals surface area contributed by atoms with E-state index in [1.807, 2.05) is 6.92 Å². The Morgan fingerprint density at radius 3 is 2.52 bits per heavy atom. The maximum Gasteiger partial charge on any atom is 0.175 e. The maximum absolute atomic E-state index is 14.0. The molecule has 0 aliphatic rings. The molecule has 0 radical (unpaired) electrons. The van der Waals surface area contributed by atoms with Crippen molar-refractivity contribution in [2.45, 2.75) is 17.9 Å². The van der Waals surface area contributed by atoms with Crippen LogP contribution in [0.2, 0.25) is 0 Å². The van der Waals surface area contributed by atoms with E-state index in [0.717, 1.165) is 11.8 Å². The smallest absolute Gasteiger partial charge is 0.175 e. The van der Waals surface area contributed by atoms with Crippen LogP contribution in [0, 0.1) is 12.7 Å². The van der Waals surface area contributed by atoms with E-state index in [1.165, 1.54) is 18.2 Å². The van der Waals surface area contributed by atoms with Gasteiger partial charge in [-0.15, -0.1) is 0 Å². The number of nitrogens with one attached hydrogen (secondary N) is 1. The Balaban J connectivity index is 2.54. The summed E-state index contributed by atoms with van der Waals surface area (Å²) in [5, 5.41) is 0. The van der Waals surface area contributed by atoms with E-state index in [1.54, 1.807) is 24.3 Å². The molecular weight excluding hydrogens is 291 g/mol. The fourth-order valence-corrected chi connectivity index (χ4v) is 2.85. The Morgan fingerprint density at radius 2 is 1.90 bits per heavy atom. The number of hydrogen-bond acceptors (Lipinski definition) is 4. The topological polar surface area (TPSA) is 72.2 Å². The zero-order valence-corrected chi connectivity index (χ0v) is 12.6. The van der Waals surface area contributed by atoms with Gasteiger partial charge < -0.3 is 0 Å². The highest BCUT2D eigenvalue weighted by Crippen LogP contribution is 2.26. The van der Waals surface area contributed by atoms with Crippen molar-refractivity contribution in [1.29, 1.82) is 0 Å². The predicted molar refractivity (Wildman–Crippen MR) is 79.9 cm³/mol. The molecule has 1 atom stereocenters. The van der Waals surface area contributed by atoms with Gasteiger partial charge in [0.1, 0.15) is 5.82 Å². The van der Waals surface area contributed by atoms with E-state index in [-0.39, 0.29) is 4.90 Å². The van der Waals surface area contributed by atoms with Gasteiger partial charge >= 0.3 is 0 Å². The highest BCUT2D eigenvalue weighted by molar-refractivity contribution is 7.90. The lowest BCUT2D eigenvalue weighted by Gasteiger charge is -2.18. The van der Waals surface area contributed by atoms with Crippen molar-refractivity contribution in [1.82, 2.24) is 5.43 Å². The van der Waals surface area contributed by atoms with Gasteiger partial charge in [0.15, 0.2) is 9.84 Å². The van der Waals surface area contributed by atoms with E-state index in [0.29, 0.717) is 11.1 Å². The second-order valence-electron chi connectivity index (χ2n) is 4.97. The number of nitrogens with two attached hydrogens (primary N) is 1. The lowest BCUT2D eigenvalue weighted by atomic mass is 9.97. The Morgan fingerprint density at radius 1 is 1.19 bits per heavy atom. The third-order valence-electron chi connectivity index (χ3n) is 3.25. The summed E-state index contributed by atoms with van der Waals surface area (Å²) in [6.07, 6.45) is 1.13. The van der Waals surface area contributed by atoms with Gasteiger partial charge in [0.2, 0.25) is 0 Å². The summed E-state index contributed by atoms with van der Waals surface area (Å²) in [7, 11) is -3.33. The zero-order valence-electron chi connectivity index (χ0n) is 11.8. The van der Waals surface area contributed by atoms with Gasteiger partial charge in [-0.2, -0.15) is 0 Å². The second-order valence-corrected chi connectivity index (χ2v) is 6.99. The first-order valence-corrected chi connectivity index (χ1v) is 8.24. The Hall–Kier alpha value is -1.76. The van der Waals surface area contributed by atoms with Gasteiger partial charge in [-0.05, 0) is 30.7 Å². The molecule has 0 spiro atoms. The first-order valence-electron chi connectivity index (χ1n) is 6.35. The molecule has 2 aromatic rings. The van der Waals surface area contributed by atoms with Crippen LogP contribution in [0.15, 0.2) is 47.4 Å². The molecule has 0 aliphatic heterocycles. The van der Waals surface area contributed by atoms with E-state index < -0.39 is 21.7 Å². The molecule has 0 amide bonds. The van der Waals surface area contributed by atoms with Crippen molar-refractivity contribution < 1.29 is 12.8 Å². The Kier molecular flexibility index (Phi) is 4.41. The number of hydrazine groups is 1. The predicted octanol–water partition coefficient (Wildman–Crippen LogP) is 2.09. The molecule has 21 heavy (non-hydrogen) atoms. The van der Waals surface area contributed by atoms with Gasteiger partial charge in [0.05, 0.1) is 10.9 Å². The normalized spacial score (nSPS) is 13.1. The van der Waals surface area contributed by atoms with Crippen molar-refractivity contribution in [2.75, 3.05) is 6.26 Å². The molecular formula is C15H17FN2O2S. The molecule has 0 aliphatic carbocycles. The molecule has 1 unspecified atom stereocenters. The van der Waals surface area contributed by atoms with Crippen molar-refractivity contribution in [3.63, 3.8) is 0 Å². The third-order valence-corrected chi connectivity index (χ3v) is 4.36. The summed E-state index contributed by atoms with van der Waals surface area (Å²) < 4.78 is 37.3. The van der Waals surface area contributed by atoms with Crippen LogP contribution in [0.1, 0.15) is 22.7 Å². The maximum atomic E-state index is 14.0. The van der Waals surface area contributed by atoms with Gasteiger partial charge in [-0.3, -0.25) is 5.84 Å². The molecule has 0 saturated heterocycles. The summed E-state index contributed by atoms with van der Waals surface area (Å²) in [6, 6.07) is 10.4. The fraction of sp³-hybridized carbons (Fsp3) is 0.200. The number of sulfone groups is 1. The highest BCUT2D eigenvalue weighted by atomic mass is 32.2. The summed E-state index contributed by atoms with van der Waals surface area (Å²) in [5.74, 6) is 5.15. The van der Waals surface area contributed by atoms with Gasteiger partial charge in [0.25, 0.3) is 0 Å². The molecule has 0 bridgehead atoms. The molecule has 4 nitrogen and oxygen atoms in total. The van der Waals surface area contributed by atoms with Gasteiger partial charge in [0, 0.05) is 11.8 Å². The second kappa shape index (κ2) is 5.93. The molecule has 0 aromatic heterocycles. The first-order chi connectivity index (χ1) is 9.82. The minimum atomic E-state index is -3.33. The quantitative estimate of drug-likeness (QED) is 0.670. The molecule has 3 N–H and O–H groups in total. The number of benzene rings is 2. The highest BCUT2D eigenvalue weighted by Gasteiger charge is 2.18. The minimum Gasteiger partial charge on any atom is -0.271 e. The summed E-state index contributed by atoms with van der Waals surface area (Å²) in [4.78, 5) is 0.174. The lowest BCUT2D eigenvalue weighted by Crippen LogP contribution is -2.29. The third kappa shape index (κ3) is 3.47. The fourth-order valence-electron chi connectivity index (χ4n) is 2.17. The van der Waals surface area contributed by atoms with Crippen LogP contribution >= 0.6 is 0 Å². The standard InChI is InChI=1S/C15H17FN2O2S/c1-10-6-7-14(16)13(8-10)15(18-17)11-4-3-5-12(9-11)21(2,19)20/h3-9,15,18H,17H2,1-2H3. The van der Waals surface area contributed by atoms with Crippen LogP contribution in [-0.4, -0.2) is 14.7 Å². The largest absolute Gasteiger partial charge is 0.271 e. The van der Waals surface area contributed by atoms with E-state index in [4.69, 9.17) is 5.84 Å². The zero-order chi connectivity index (χ0) is 15.6. The van der Waals surface area contributed by atoms with Crippen LogP contribution in [0.4, 0.5) is 4.39 Å². The minimum absolute atomic E-state index is 0.174. The van der Waals surface area contributed by atoms with Crippen LogP contribution < -0.4 is 11.3 Å². The molecule has 0 fully saturated rings. The Bertz CT molecular complexity index is 760. The van der Waals surface area contributed by atoms with Gasteiger partial charge in [-0.1, -0.05) is 29.8 Å². The Labute approximate surface area is 123 Å². The molecule has 2 aromatic carbocycles. The van der Waals surface area contributed by atoms with Gasteiger partial charge in [-0.25, -0.2) is 18.2 Å². The molecule has 0 saturated carbocycles. The molecule has 6 heteroatoms. The van der Waals surface area contributed by atoms with Crippen LogP contribution in [0.25, 0.3) is 0 Å². The molecule has 112 valence electrons. The summed E-state index contributed by atoms with van der Waals surface area (Å²) >= 11 is 0.